The number of carbonyl (C=O) groups excluding carboxylic acids is 1. The number of carbonyl (C=O) groups is 2. The van der Waals surface area contributed by atoms with Crippen LogP contribution in [0.4, 0.5) is 0 Å². The average Bonchev–Trinajstić information content (AvgIpc) is 3.11. The molecule has 0 aliphatic carbocycles. The van der Waals surface area contributed by atoms with E-state index in [2.05, 4.69) is 5.16 Å². The van der Waals surface area contributed by atoms with Crippen molar-refractivity contribution in [2.24, 2.45) is 5.41 Å². The zero-order valence-electron chi connectivity index (χ0n) is 14.3. The number of nitrogens with zero attached hydrogens (tertiary/aromatic N) is 2. The van der Waals surface area contributed by atoms with Gasteiger partial charge in [0.25, 0.3) is 5.91 Å². The first-order chi connectivity index (χ1) is 12.4. The molecule has 26 heavy (non-hydrogen) atoms. The van der Waals surface area contributed by atoms with Gasteiger partial charge in [0.2, 0.25) is 5.76 Å². The van der Waals surface area contributed by atoms with Gasteiger partial charge < -0.3 is 19.3 Å². The molecule has 1 aromatic carbocycles. The minimum absolute atomic E-state index is 0.0519. The lowest BCUT2D eigenvalue weighted by molar-refractivity contribution is -0.155. The van der Waals surface area contributed by atoms with Crippen LogP contribution in [0.5, 0.6) is 0 Å². The molecule has 0 saturated carbocycles. The normalized spacial score (nSPS) is 20.2. The van der Waals surface area contributed by atoms with Crippen LogP contribution in [0.1, 0.15) is 23.4 Å². The number of likely N-dealkylation sites (tertiary alicyclic amines) is 1. The molecule has 138 valence electrons. The van der Waals surface area contributed by atoms with Crippen LogP contribution in [0, 0.1) is 5.41 Å². The van der Waals surface area contributed by atoms with Crippen molar-refractivity contribution in [2.45, 2.75) is 12.8 Å². The molecule has 8 heteroatoms. The summed E-state index contributed by atoms with van der Waals surface area (Å²) in [5, 5.41) is 14.1. The lowest BCUT2D eigenvalue weighted by Gasteiger charge is -2.38. The van der Waals surface area contributed by atoms with Crippen LogP contribution < -0.4 is 0 Å². The Morgan fingerprint density at radius 2 is 2.23 bits per heavy atom. The highest BCUT2D eigenvalue weighted by Crippen LogP contribution is 2.32. The van der Waals surface area contributed by atoms with E-state index >= 15 is 0 Å². The quantitative estimate of drug-likeness (QED) is 0.859. The van der Waals surface area contributed by atoms with Crippen molar-refractivity contribution >= 4 is 23.5 Å². The van der Waals surface area contributed by atoms with E-state index in [1.54, 1.807) is 24.3 Å². The highest BCUT2D eigenvalue weighted by atomic mass is 35.5. The third kappa shape index (κ3) is 3.59. The number of benzene rings is 1. The fraction of sp³-hybridized carbons (Fsp3) is 0.389. The van der Waals surface area contributed by atoms with Gasteiger partial charge in [0, 0.05) is 36.9 Å². The van der Waals surface area contributed by atoms with Gasteiger partial charge in [-0.3, -0.25) is 9.59 Å². The minimum Gasteiger partial charge on any atom is -0.481 e. The van der Waals surface area contributed by atoms with Gasteiger partial charge >= 0.3 is 5.97 Å². The van der Waals surface area contributed by atoms with E-state index in [0.29, 0.717) is 30.1 Å². The molecule has 1 saturated heterocycles. The molecular formula is C18H19ClN2O5. The van der Waals surface area contributed by atoms with Crippen molar-refractivity contribution in [1.82, 2.24) is 10.1 Å². The molecule has 0 bridgehead atoms. The first-order valence-electron chi connectivity index (χ1n) is 8.19. The van der Waals surface area contributed by atoms with Crippen molar-refractivity contribution < 1.29 is 24.0 Å². The second kappa shape index (κ2) is 7.47. The second-order valence-corrected chi connectivity index (χ2v) is 6.87. The van der Waals surface area contributed by atoms with Crippen molar-refractivity contribution in [3.8, 4) is 11.3 Å². The Kier molecular flexibility index (Phi) is 5.29. The molecule has 1 amide bonds. The summed E-state index contributed by atoms with van der Waals surface area (Å²) >= 11 is 5.98. The van der Waals surface area contributed by atoms with Crippen LogP contribution in [0.25, 0.3) is 11.3 Å². The number of aliphatic carboxylic acids is 1. The summed E-state index contributed by atoms with van der Waals surface area (Å²) in [7, 11) is 1.46. The molecule has 0 radical (unpaired) electrons. The molecule has 1 fully saturated rings. The molecule has 1 atom stereocenters. The Morgan fingerprint density at radius 3 is 2.92 bits per heavy atom. The Labute approximate surface area is 155 Å². The maximum absolute atomic E-state index is 12.8. The highest BCUT2D eigenvalue weighted by Gasteiger charge is 2.44. The van der Waals surface area contributed by atoms with Crippen molar-refractivity contribution in [2.75, 3.05) is 26.8 Å². The number of halogens is 1. The van der Waals surface area contributed by atoms with Gasteiger partial charge in [0.15, 0.2) is 0 Å². The minimum atomic E-state index is -1.10. The number of rotatable bonds is 5. The van der Waals surface area contributed by atoms with E-state index in [9.17, 15) is 14.7 Å². The highest BCUT2D eigenvalue weighted by molar-refractivity contribution is 6.30. The van der Waals surface area contributed by atoms with Gasteiger partial charge in [-0.25, -0.2) is 0 Å². The van der Waals surface area contributed by atoms with E-state index in [-0.39, 0.29) is 24.8 Å². The molecule has 2 heterocycles. The molecule has 3 rings (SSSR count). The standard InChI is InChI=1S/C18H19ClN2O5/c1-25-11-18(17(23)24)6-3-7-21(10-18)16(22)15-9-14(20-26-15)12-4-2-5-13(19)8-12/h2,4-5,8-9H,3,6-7,10-11H2,1H3,(H,23,24). The predicted octanol–water partition coefficient (Wildman–Crippen LogP) is 2.95. The topological polar surface area (TPSA) is 92.9 Å². The molecule has 1 aliphatic heterocycles. The van der Waals surface area contributed by atoms with Crippen molar-refractivity contribution in [1.29, 1.82) is 0 Å². The number of carboxylic acid groups (broad SMARTS) is 1. The SMILES string of the molecule is COCC1(C(=O)O)CCCN(C(=O)c2cc(-c3cccc(Cl)c3)no2)C1. The fourth-order valence-corrected chi connectivity index (χ4v) is 3.44. The van der Waals surface area contributed by atoms with Gasteiger partial charge in [-0.2, -0.15) is 0 Å². The first kappa shape index (κ1) is 18.4. The summed E-state index contributed by atoms with van der Waals surface area (Å²) in [6.07, 6.45) is 1.04. The van der Waals surface area contributed by atoms with E-state index in [1.165, 1.54) is 12.0 Å². The van der Waals surface area contributed by atoms with Crippen molar-refractivity contribution in [3.05, 3.63) is 41.1 Å². The second-order valence-electron chi connectivity index (χ2n) is 6.44. The number of amides is 1. The van der Waals surface area contributed by atoms with Crippen LogP contribution in [0.3, 0.4) is 0 Å². The number of hydrogen-bond acceptors (Lipinski definition) is 5. The maximum atomic E-state index is 12.8. The van der Waals surface area contributed by atoms with E-state index in [0.717, 1.165) is 5.56 Å². The Bertz CT molecular complexity index is 817. The largest absolute Gasteiger partial charge is 0.481 e. The van der Waals surface area contributed by atoms with Gasteiger partial charge in [-0.1, -0.05) is 28.9 Å². The monoisotopic (exact) mass is 378 g/mol. The molecular weight excluding hydrogens is 360 g/mol. The summed E-state index contributed by atoms with van der Waals surface area (Å²) in [6, 6.07) is 8.60. The molecule has 1 unspecified atom stereocenters. The maximum Gasteiger partial charge on any atom is 0.313 e. The van der Waals surface area contributed by atoms with Gasteiger partial charge in [-0.05, 0) is 25.0 Å². The molecule has 1 aromatic heterocycles. The lowest BCUT2D eigenvalue weighted by atomic mass is 9.80. The predicted molar refractivity (Wildman–Crippen MR) is 94.0 cm³/mol. The number of ether oxygens (including phenoxy) is 1. The summed E-state index contributed by atoms with van der Waals surface area (Å²) in [6.45, 7) is 0.587. The van der Waals surface area contributed by atoms with Crippen LogP contribution in [0.2, 0.25) is 5.02 Å². The third-order valence-electron chi connectivity index (χ3n) is 4.58. The molecule has 1 aliphatic rings. The van der Waals surface area contributed by atoms with Crippen LogP contribution in [0.15, 0.2) is 34.9 Å². The summed E-state index contributed by atoms with van der Waals surface area (Å²) in [5.74, 6) is -1.28. The van der Waals surface area contributed by atoms with E-state index < -0.39 is 11.4 Å². The number of aromatic nitrogens is 1. The number of piperidine rings is 1. The Hall–Kier alpha value is -2.38. The van der Waals surface area contributed by atoms with Gasteiger partial charge in [0.1, 0.15) is 11.1 Å². The van der Waals surface area contributed by atoms with Crippen LogP contribution in [-0.4, -0.2) is 53.8 Å². The smallest absolute Gasteiger partial charge is 0.313 e. The zero-order valence-corrected chi connectivity index (χ0v) is 15.0. The molecule has 7 nitrogen and oxygen atoms in total. The summed E-state index contributed by atoms with van der Waals surface area (Å²) < 4.78 is 10.3. The Balaban J connectivity index is 1.80. The number of hydrogen-bond donors (Lipinski definition) is 1. The fourth-order valence-electron chi connectivity index (χ4n) is 3.25. The first-order valence-corrected chi connectivity index (χ1v) is 8.57. The van der Waals surface area contributed by atoms with Gasteiger partial charge in [-0.15, -0.1) is 0 Å². The van der Waals surface area contributed by atoms with E-state index in [1.807, 2.05) is 6.07 Å². The molecule has 2 aromatic rings. The Morgan fingerprint density at radius 1 is 1.42 bits per heavy atom. The summed E-state index contributed by atoms with van der Waals surface area (Å²) in [5.41, 5.74) is 0.130. The zero-order chi connectivity index (χ0) is 18.7. The van der Waals surface area contributed by atoms with Crippen LogP contribution in [-0.2, 0) is 9.53 Å². The average molecular weight is 379 g/mol. The van der Waals surface area contributed by atoms with Gasteiger partial charge in [0.05, 0.1) is 6.61 Å². The van der Waals surface area contributed by atoms with Crippen molar-refractivity contribution in [3.63, 3.8) is 0 Å². The summed E-state index contributed by atoms with van der Waals surface area (Å²) in [4.78, 5) is 26.0. The number of carboxylic acids is 1. The molecule has 1 N–H and O–H groups in total. The third-order valence-corrected chi connectivity index (χ3v) is 4.81. The number of methoxy groups -OCH3 is 1. The lowest BCUT2D eigenvalue weighted by Crippen LogP contribution is -2.52. The molecule has 0 spiro atoms. The van der Waals surface area contributed by atoms with Crippen LogP contribution >= 0.6 is 11.6 Å². The van der Waals surface area contributed by atoms with E-state index in [4.69, 9.17) is 20.9 Å².